The van der Waals surface area contributed by atoms with Gasteiger partial charge in [-0.05, 0) is 41.1 Å². The van der Waals surface area contributed by atoms with Crippen LogP contribution in [-0.2, 0) is 4.74 Å². The molecule has 0 saturated carbocycles. The second kappa shape index (κ2) is 9.43. The molecule has 162 valence electrons. The molecule has 0 saturated heterocycles. The number of hydrogen-bond acceptors (Lipinski definition) is 4. The van der Waals surface area contributed by atoms with Gasteiger partial charge in [-0.25, -0.2) is 9.78 Å². The first-order chi connectivity index (χ1) is 16.2. The predicted octanol–water partition coefficient (Wildman–Crippen LogP) is 7.05. The number of carbonyl (C=O) groups is 1. The fourth-order valence-corrected chi connectivity index (χ4v) is 4.24. The molecule has 5 rings (SSSR count). The lowest BCUT2D eigenvalue weighted by atomic mass is 9.99. The monoisotopic (exact) mass is 497 g/mol. The Morgan fingerprint density at radius 2 is 1.55 bits per heavy atom. The molecule has 0 fully saturated rings. The Balaban J connectivity index is 1.43. The summed E-state index contributed by atoms with van der Waals surface area (Å²) >= 11 is 3.42. The minimum atomic E-state index is -0.395. The number of nitrogens with zero attached hydrogens (tertiary/aromatic N) is 1. The summed E-state index contributed by atoms with van der Waals surface area (Å²) in [5, 5.41) is 2.97. The molecule has 1 heterocycles. The van der Waals surface area contributed by atoms with E-state index in [4.69, 9.17) is 14.5 Å². The van der Waals surface area contributed by atoms with Crippen molar-refractivity contribution in [2.45, 2.75) is 0 Å². The summed E-state index contributed by atoms with van der Waals surface area (Å²) in [6, 6.07) is 31.3. The molecule has 1 aromatic heterocycles. The lowest BCUT2D eigenvalue weighted by molar-refractivity contribution is 0.0452. The minimum absolute atomic E-state index is 0.144. The molecule has 0 amide bonds. The van der Waals surface area contributed by atoms with E-state index in [1.54, 1.807) is 0 Å². The summed E-state index contributed by atoms with van der Waals surface area (Å²) in [4.78, 5) is 17.9. The SMILES string of the molecule is O=C(OCCOc1cccc(Br)c1)c1cc(-c2cccc3ccccc23)nc2ccccc12. The number of esters is 1. The van der Waals surface area contributed by atoms with Gasteiger partial charge in [-0.1, -0.05) is 82.7 Å². The van der Waals surface area contributed by atoms with Crippen molar-refractivity contribution in [3.63, 3.8) is 0 Å². The van der Waals surface area contributed by atoms with Crippen molar-refractivity contribution >= 4 is 43.6 Å². The van der Waals surface area contributed by atoms with Crippen LogP contribution in [0.3, 0.4) is 0 Å². The van der Waals surface area contributed by atoms with Crippen LogP contribution < -0.4 is 4.74 Å². The van der Waals surface area contributed by atoms with Crippen molar-refractivity contribution in [2.24, 2.45) is 0 Å². The third kappa shape index (κ3) is 4.59. The molecule has 4 aromatic carbocycles. The van der Waals surface area contributed by atoms with E-state index in [1.807, 2.05) is 78.9 Å². The van der Waals surface area contributed by atoms with Gasteiger partial charge in [-0.3, -0.25) is 0 Å². The zero-order chi connectivity index (χ0) is 22.6. The molecule has 0 spiro atoms. The van der Waals surface area contributed by atoms with Crippen LogP contribution in [-0.4, -0.2) is 24.2 Å². The van der Waals surface area contributed by atoms with Gasteiger partial charge in [0.2, 0.25) is 0 Å². The summed E-state index contributed by atoms with van der Waals surface area (Å²) in [7, 11) is 0. The van der Waals surface area contributed by atoms with E-state index in [2.05, 4.69) is 34.1 Å². The van der Waals surface area contributed by atoms with Crippen molar-refractivity contribution in [1.82, 2.24) is 4.98 Å². The van der Waals surface area contributed by atoms with Gasteiger partial charge in [0.25, 0.3) is 0 Å². The summed E-state index contributed by atoms with van der Waals surface area (Å²) in [6.07, 6.45) is 0. The second-order valence-corrected chi connectivity index (χ2v) is 8.46. The summed E-state index contributed by atoms with van der Waals surface area (Å²) in [6.45, 7) is 0.410. The Hall–Kier alpha value is -3.70. The van der Waals surface area contributed by atoms with Crippen LogP contribution in [0.2, 0.25) is 0 Å². The average Bonchev–Trinajstić information content (AvgIpc) is 2.85. The molecule has 5 aromatic rings. The maximum absolute atomic E-state index is 13.1. The van der Waals surface area contributed by atoms with E-state index in [0.717, 1.165) is 37.4 Å². The second-order valence-electron chi connectivity index (χ2n) is 7.54. The van der Waals surface area contributed by atoms with Crippen LogP contribution in [0.4, 0.5) is 0 Å². The Bertz CT molecular complexity index is 1460. The summed E-state index contributed by atoms with van der Waals surface area (Å²) < 4.78 is 12.2. The van der Waals surface area contributed by atoms with Gasteiger partial charge in [0.05, 0.1) is 16.8 Å². The number of hydrogen-bond donors (Lipinski definition) is 0. The van der Waals surface area contributed by atoms with Gasteiger partial charge in [0.15, 0.2) is 0 Å². The number of ether oxygens (including phenoxy) is 2. The van der Waals surface area contributed by atoms with E-state index in [1.165, 1.54) is 0 Å². The van der Waals surface area contributed by atoms with E-state index >= 15 is 0 Å². The molecular formula is C28H20BrNO3. The molecule has 0 aliphatic rings. The van der Waals surface area contributed by atoms with Gasteiger partial charge in [0, 0.05) is 15.4 Å². The van der Waals surface area contributed by atoms with Crippen LogP contribution in [0.25, 0.3) is 32.9 Å². The average molecular weight is 498 g/mol. The number of para-hydroxylation sites is 1. The molecule has 33 heavy (non-hydrogen) atoms. The Morgan fingerprint density at radius 1 is 0.788 bits per heavy atom. The topological polar surface area (TPSA) is 48.4 Å². The highest BCUT2D eigenvalue weighted by Gasteiger charge is 2.16. The van der Waals surface area contributed by atoms with Crippen molar-refractivity contribution in [3.8, 4) is 17.0 Å². The highest BCUT2D eigenvalue weighted by Crippen LogP contribution is 2.30. The molecule has 0 aliphatic carbocycles. The van der Waals surface area contributed by atoms with Crippen LogP contribution >= 0.6 is 15.9 Å². The van der Waals surface area contributed by atoms with Gasteiger partial charge < -0.3 is 9.47 Å². The molecule has 4 nitrogen and oxygen atoms in total. The zero-order valence-electron chi connectivity index (χ0n) is 17.7. The van der Waals surface area contributed by atoms with Crippen LogP contribution in [0.5, 0.6) is 5.75 Å². The standard InChI is InChI=1S/C28H20BrNO3/c29-20-9-6-10-21(17-20)32-15-16-33-28(31)25-18-27(30-26-14-4-3-12-24(25)26)23-13-5-8-19-7-1-2-11-22(19)23/h1-14,17-18H,15-16H2. The van der Waals surface area contributed by atoms with Crippen LogP contribution in [0.15, 0.2) is 102 Å². The van der Waals surface area contributed by atoms with Crippen molar-refractivity contribution < 1.29 is 14.3 Å². The molecular weight excluding hydrogens is 478 g/mol. The lowest BCUT2D eigenvalue weighted by Crippen LogP contribution is -2.13. The highest BCUT2D eigenvalue weighted by molar-refractivity contribution is 9.10. The summed E-state index contributed by atoms with van der Waals surface area (Å²) in [5.74, 6) is 0.320. The largest absolute Gasteiger partial charge is 0.490 e. The van der Waals surface area contributed by atoms with Gasteiger partial charge in [-0.15, -0.1) is 0 Å². The Morgan fingerprint density at radius 3 is 2.42 bits per heavy atom. The van der Waals surface area contributed by atoms with Gasteiger partial charge in [0.1, 0.15) is 19.0 Å². The van der Waals surface area contributed by atoms with Crippen LogP contribution in [0, 0.1) is 0 Å². The Kier molecular flexibility index (Phi) is 6.05. The smallest absolute Gasteiger partial charge is 0.339 e. The number of carbonyl (C=O) groups excluding carboxylic acids is 1. The highest BCUT2D eigenvalue weighted by atomic mass is 79.9. The van der Waals surface area contributed by atoms with E-state index in [0.29, 0.717) is 11.3 Å². The van der Waals surface area contributed by atoms with Gasteiger partial charge >= 0.3 is 5.97 Å². The lowest BCUT2D eigenvalue weighted by Gasteiger charge is -2.12. The van der Waals surface area contributed by atoms with Crippen LogP contribution in [0.1, 0.15) is 10.4 Å². The van der Waals surface area contributed by atoms with Gasteiger partial charge in [-0.2, -0.15) is 0 Å². The van der Waals surface area contributed by atoms with E-state index in [-0.39, 0.29) is 13.2 Å². The molecule has 0 aliphatic heterocycles. The quantitative estimate of drug-likeness (QED) is 0.186. The number of benzene rings is 4. The maximum Gasteiger partial charge on any atom is 0.339 e. The number of aromatic nitrogens is 1. The zero-order valence-corrected chi connectivity index (χ0v) is 19.3. The van der Waals surface area contributed by atoms with E-state index in [9.17, 15) is 4.79 Å². The first-order valence-corrected chi connectivity index (χ1v) is 11.4. The number of pyridine rings is 1. The molecule has 0 radical (unpaired) electrons. The van der Waals surface area contributed by atoms with Crippen molar-refractivity contribution in [1.29, 1.82) is 0 Å². The first-order valence-electron chi connectivity index (χ1n) is 10.6. The summed E-state index contributed by atoms with van der Waals surface area (Å²) in [5.41, 5.74) is 2.96. The normalized spacial score (nSPS) is 10.9. The third-order valence-corrected chi connectivity index (χ3v) is 5.88. The van der Waals surface area contributed by atoms with Crippen molar-refractivity contribution in [2.75, 3.05) is 13.2 Å². The molecule has 5 heteroatoms. The van der Waals surface area contributed by atoms with E-state index < -0.39 is 5.97 Å². The molecule has 0 atom stereocenters. The van der Waals surface area contributed by atoms with Crippen molar-refractivity contribution in [3.05, 3.63) is 107 Å². The Labute approximate surface area is 199 Å². The fraction of sp³-hybridized carbons (Fsp3) is 0.0714. The predicted molar refractivity (Wildman–Crippen MR) is 135 cm³/mol. The molecule has 0 N–H and O–H groups in total. The number of fused-ring (bicyclic) bond motifs is 2. The maximum atomic E-state index is 13.1. The first kappa shape index (κ1) is 21.2. The minimum Gasteiger partial charge on any atom is -0.490 e. The molecule has 0 bridgehead atoms. The number of rotatable bonds is 6. The fourth-order valence-electron chi connectivity index (χ4n) is 3.86. The third-order valence-electron chi connectivity index (χ3n) is 5.38. The molecule has 0 unspecified atom stereocenters. The number of halogens is 1.